The zero-order chi connectivity index (χ0) is 9.64. The van der Waals surface area contributed by atoms with Gasteiger partial charge in [-0.2, -0.15) is 0 Å². The fraction of sp³-hybridized carbons (Fsp3) is 0.375. The summed E-state index contributed by atoms with van der Waals surface area (Å²) in [5.74, 6) is 0. The van der Waals surface area contributed by atoms with Crippen LogP contribution in [0, 0.1) is 0 Å². The molecular formula is C8H10N2O2S. The molecule has 0 fully saturated rings. The molecule has 2 rings (SSSR count). The Morgan fingerprint density at radius 2 is 2.23 bits per heavy atom. The molecule has 0 saturated heterocycles. The molecule has 1 atom stereocenters. The van der Waals surface area contributed by atoms with E-state index in [2.05, 4.69) is 4.98 Å². The number of nitrogens with zero attached hydrogens (tertiary/aromatic N) is 2. The minimum Gasteiger partial charge on any atom is -0.271 e. The summed E-state index contributed by atoms with van der Waals surface area (Å²) in [5, 5.41) is -0.520. The maximum atomic E-state index is 11.6. The number of sulfonamides is 1. The predicted octanol–water partition coefficient (Wildman–Crippen LogP) is 0.922. The fourth-order valence-electron chi connectivity index (χ4n) is 1.50. The van der Waals surface area contributed by atoms with Gasteiger partial charge in [0.15, 0.2) is 0 Å². The Balaban J connectivity index is 2.71. The topological polar surface area (TPSA) is 50.3 Å². The van der Waals surface area contributed by atoms with Gasteiger partial charge in [-0.3, -0.25) is 9.29 Å². The van der Waals surface area contributed by atoms with Crippen LogP contribution in [0.5, 0.6) is 0 Å². The molecule has 0 N–H and O–H groups in total. The van der Waals surface area contributed by atoms with Gasteiger partial charge in [0.05, 0.1) is 11.4 Å². The minimum absolute atomic E-state index is 0.520. The lowest BCUT2D eigenvalue weighted by Crippen LogP contribution is -2.22. The maximum Gasteiger partial charge on any atom is 0.243 e. The van der Waals surface area contributed by atoms with Crippen LogP contribution in [0.25, 0.3) is 0 Å². The third-order valence-electron chi connectivity index (χ3n) is 2.37. The van der Waals surface area contributed by atoms with Crippen LogP contribution in [0.4, 0.5) is 5.69 Å². The first-order valence-corrected chi connectivity index (χ1v) is 5.48. The average molecular weight is 198 g/mol. The molecule has 0 bridgehead atoms. The average Bonchev–Trinajstić information content (AvgIpc) is 2.30. The van der Waals surface area contributed by atoms with E-state index >= 15 is 0 Å². The highest BCUT2D eigenvalue weighted by Gasteiger charge is 2.38. The molecule has 13 heavy (non-hydrogen) atoms. The van der Waals surface area contributed by atoms with Crippen LogP contribution in [0.15, 0.2) is 18.3 Å². The molecule has 0 aromatic carbocycles. The van der Waals surface area contributed by atoms with Gasteiger partial charge in [-0.05, 0) is 19.1 Å². The standard InChI is InChI=1S/C8H10N2O2S/c1-6-8-7(4-3-5-9-8)10(2)13(6,11)12/h3-6H,1-2H3. The van der Waals surface area contributed by atoms with E-state index in [9.17, 15) is 8.42 Å². The highest BCUT2D eigenvalue weighted by atomic mass is 32.2. The van der Waals surface area contributed by atoms with Crippen LogP contribution in [0.3, 0.4) is 0 Å². The lowest BCUT2D eigenvalue weighted by molar-refractivity contribution is 0.588. The summed E-state index contributed by atoms with van der Waals surface area (Å²) in [4.78, 5) is 4.07. The molecular weight excluding hydrogens is 188 g/mol. The van der Waals surface area contributed by atoms with Crippen LogP contribution in [0.2, 0.25) is 0 Å². The van der Waals surface area contributed by atoms with Gasteiger partial charge in [-0.1, -0.05) is 0 Å². The first-order chi connectivity index (χ1) is 6.05. The van der Waals surface area contributed by atoms with Crippen molar-refractivity contribution >= 4 is 15.7 Å². The number of hydrogen-bond donors (Lipinski definition) is 0. The summed E-state index contributed by atoms with van der Waals surface area (Å²) >= 11 is 0. The number of pyridine rings is 1. The molecule has 0 saturated carbocycles. The summed E-state index contributed by atoms with van der Waals surface area (Å²) < 4.78 is 24.6. The van der Waals surface area contributed by atoms with Gasteiger partial charge in [0, 0.05) is 13.2 Å². The minimum atomic E-state index is -3.19. The lowest BCUT2D eigenvalue weighted by Gasteiger charge is -2.10. The zero-order valence-corrected chi connectivity index (χ0v) is 8.25. The Bertz CT molecular complexity index is 406. The molecule has 0 aliphatic carbocycles. The number of hydrogen-bond acceptors (Lipinski definition) is 3. The molecule has 0 radical (unpaired) electrons. The summed E-state index contributed by atoms with van der Waals surface area (Å²) in [6, 6.07) is 3.51. The Morgan fingerprint density at radius 3 is 2.85 bits per heavy atom. The first kappa shape index (κ1) is 8.50. The van der Waals surface area contributed by atoms with E-state index in [0.29, 0.717) is 11.4 Å². The third kappa shape index (κ3) is 0.966. The quantitative estimate of drug-likeness (QED) is 0.623. The largest absolute Gasteiger partial charge is 0.271 e. The van der Waals surface area contributed by atoms with Crippen LogP contribution in [0.1, 0.15) is 17.9 Å². The van der Waals surface area contributed by atoms with Crippen LogP contribution < -0.4 is 4.31 Å². The van der Waals surface area contributed by atoms with Gasteiger partial charge in [-0.15, -0.1) is 0 Å². The fourth-order valence-corrected chi connectivity index (χ4v) is 2.87. The lowest BCUT2D eigenvalue weighted by atomic mass is 10.2. The van der Waals surface area contributed by atoms with Crippen molar-refractivity contribution in [1.82, 2.24) is 4.98 Å². The molecule has 0 amide bonds. The SMILES string of the molecule is CC1c2ncccc2N(C)S1(=O)=O. The zero-order valence-electron chi connectivity index (χ0n) is 7.43. The smallest absolute Gasteiger partial charge is 0.243 e. The van der Waals surface area contributed by atoms with Crippen molar-refractivity contribution in [2.24, 2.45) is 0 Å². The normalized spacial score (nSPS) is 24.5. The van der Waals surface area contributed by atoms with Crippen molar-refractivity contribution in [3.63, 3.8) is 0 Å². The Morgan fingerprint density at radius 1 is 1.54 bits per heavy atom. The number of aromatic nitrogens is 1. The van der Waals surface area contributed by atoms with Crippen molar-refractivity contribution in [3.05, 3.63) is 24.0 Å². The number of anilines is 1. The van der Waals surface area contributed by atoms with Gasteiger partial charge in [0.2, 0.25) is 10.0 Å². The van der Waals surface area contributed by atoms with E-state index in [1.807, 2.05) is 0 Å². The van der Waals surface area contributed by atoms with Gasteiger partial charge < -0.3 is 0 Å². The molecule has 0 spiro atoms. The van der Waals surface area contributed by atoms with Crippen molar-refractivity contribution < 1.29 is 8.42 Å². The van der Waals surface area contributed by atoms with Crippen molar-refractivity contribution in [1.29, 1.82) is 0 Å². The predicted molar refractivity (Wildman–Crippen MR) is 50.0 cm³/mol. The van der Waals surface area contributed by atoms with E-state index in [4.69, 9.17) is 0 Å². The van der Waals surface area contributed by atoms with Gasteiger partial charge in [-0.25, -0.2) is 8.42 Å². The van der Waals surface area contributed by atoms with Crippen LogP contribution in [-0.2, 0) is 10.0 Å². The molecule has 1 aliphatic rings. The summed E-state index contributed by atoms with van der Waals surface area (Å²) in [5.41, 5.74) is 1.33. The van der Waals surface area contributed by atoms with E-state index in [0.717, 1.165) is 0 Å². The second-order valence-electron chi connectivity index (χ2n) is 3.06. The monoisotopic (exact) mass is 198 g/mol. The molecule has 4 nitrogen and oxygen atoms in total. The second-order valence-corrected chi connectivity index (χ2v) is 5.35. The third-order valence-corrected chi connectivity index (χ3v) is 4.45. The molecule has 5 heteroatoms. The Hall–Kier alpha value is -1.10. The highest BCUT2D eigenvalue weighted by Crippen LogP contribution is 2.39. The molecule has 70 valence electrons. The molecule has 1 aromatic rings. The molecule has 1 unspecified atom stereocenters. The van der Waals surface area contributed by atoms with Crippen LogP contribution in [-0.4, -0.2) is 20.4 Å². The van der Waals surface area contributed by atoms with Gasteiger partial charge in [0.1, 0.15) is 5.25 Å². The van der Waals surface area contributed by atoms with E-state index in [-0.39, 0.29) is 0 Å². The first-order valence-electron chi connectivity index (χ1n) is 3.98. The Kier molecular flexibility index (Phi) is 1.60. The molecule has 1 aromatic heterocycles. The van der Waals surface area contributed by atoms with E-state index in [1.54, 1.807) is 32.3 Å². The van der Waals surface area contributed by atoms with E-state index < -0.39 is 15.3 Å². The maximum absolute atomic E-state index is 11.6. The Labute approximate surface area is 77.3 Å². The summed E-state index contributed by atoms with van der Waals surface area (Å²) in [7, 11) is -1.64. The molecule has 2 heterocycles. The molecule has 1 aliphatic heterocycles. The number of fused-ring (bicyclic) bond motifs is 1. The van der Waals surface area contributed by atoms with Crippen LogP contribution >= 0.6 is 0 Å². The summed E-state index contributed by atoms with van der Waals surface area (Å²) in [6.45, 7) is 1.66. The van der Waals surface area contributed by atoms with Crippen molar-refractivity contribution in [2.45, 2.75) is 12.2 Å². The number of rotatable bonds is 0. The van der Waals surface area contributed by atoms with Crippen molar-refractivity contribution in [3.8, 4) is 0 Å². The van der Waals surface area contributed by atoms with Gasteiger partial charge in [0.25, 0.3) is 0 Å². The van der Waals surface area contributed by atoms with E-state index in [1.165, 1.54) is 4.31 Å². The highest BCUT2D eigenvalue weighted by molar-refractivity contribution is 7.93. The summed E-state index contributed by atoms with van der Waals surface area (Å²) in [6.07, 6.45) is 1.62. The van der Waals surface area contributed by atoms with Crippen molar-refractivity contribution in [2.75, 3.05) is 11.4 Å². The van der Waals surface area contributed by atoms with Gasteiger partial charge >= 0.3 is 0 Å². The second kappa shape index (κ2) is 2.45.